The first kappa shape index (κ1) is 18.2. The summed E-state index contributed by atoms with van der Waals surface area (Å²) in [4.78, 5) is 10.4. The zero-order valence-electron chi connectivity index (χ0n) is 12.7. The molecule has 0 unspecified atom stereocenters. The average molecular weight is 415 g/mol. The van der Waals surface area contributed by atoms with Gasteiger partial charge in [0, 0.05) is 23.3 Å². The monoisotopic (exact) mass is 414 g/mol. The van der Waals surface area contributed by atoms with Crippen molar-refractivity contribution < 1.29 is 18.1 Å². The fraction of sp³-hybridized carbons (Fsp3) is 0.200. The normalized spacial score (nSPS) is 11.1. The number of nitrogens with one attached hydrogen (secondary N) is 1. The van der Waals surface area contributed by atoms with Gasteiger partial charge in [-0.05, 0) is 30.3 Å². The van der Waals surface area contributed by atoms with Crippen LogP contribution in [0.25, 0.3) is 0 Å². The van der Waals surface area contributed by atoms with Crippen LogP contribution in [0, 0.1) is 10.1 Å². The molecule has 0 aliphatic rings. The molecule has 0 saturated carbocycles. The largest absolute Gasteiger partial charge is 0.492 e. The number of nitrogens with zero attached hydrogens (tertiary/aromatic N) is 1. The maximum Gasteiger partial charge on any atom is 0.293 e. The molecule has 2 aromatic carbocycles. The summed E-state index contributed by atoms with van der Waals surface area (Å²) in [5.41, 5.74) is -0.0503. The van der Waals surface area contributed by atoms with E-state index in [1.54, 1.807) is 6.07 Å². The summed E-state index contributed by atoms with van der Waals surface area (Å²) in [6, 6.07) is 11.1. The summed E-state index contributed by atoms with van der Waals surface area (Å²) in [5.74, 6) is 0.674. The van der Waals surface area contributed by atoms with Crippen molar-refractivity contribution in [2.24, 2.45) is 0 Å². The predicted octanol–water partition coefficient (Wildman–Crippen LogP) is 3.25. The Balaban J connectivity index is 2.03. The Bertz CT molecular complexity index is 855. The summed E-state index contributed by atoms with van der Waals surface area (Å²) in [7, 11) is -3.50. The van der Waals surface area contributed by atoms with Gasteiger partial charge in [0.25, 0.3) is 5.69 Å². The summed E-state index contributed by atoms with van der Waals surface area (Å²) in [5, 5.41) is 14.0. The standard InChI is InChI=1S/C15H15BrN2O5S/c1-24(21,22)13-5-6-14(15(10-13)18(19)20)17-7-8-23-12-4-2-3-11(16)9-12/h2-6,9-10,17H,7-8H2,1H3. The number of nitro groups is 1. The molecule has 0 aliphatic heterocycles. The van der Waals surface area contributed by atoms with Crippen LogP contribution in [0.2, 0.25) is 0 Å². The van der Waals surface area contributed by atoms with Crippen molar-refractivity contribution in [1.82, 2.24) is 0 Å². The van der Waals surface area contributed by atoms with Gasteiger partial charge in [-0.1, -0.05) is 22.0 Å². The molecule has 0 amide bonds. The van der Waals surface area contributed by atoms with E-state index in [2.05, 4.69) is 21.2 Å². The van der Waals surface area contributed by atoms with Gasteiger partial charge in [-0.15, -0.1) is 0 Å². The number of halogens is 1. The Morgan fingerprint density at radius 3 is 2.62 bits per heavy atom. The van der Waals surface area contributed by atoms with Crippen LogP contribution in [-0.2, 0) is 9.84 Å². The van der Waals surface area contributed by atoms with Gasteiger partial charge in [-0.25, -0.2) is 8.42 Å². The second-order valence-corrected chi connectivity index (χ2v) is 7.87. The Morgan fingerprint density at radius 1 is 1.25 bits per heavy atom. The molecule has 1 N–H and O–H groups in total. The second kappa shape index (κ2) is 7.63. The van der Waals surface area contributed by atoms with Crippen LogP contribution in [0.15, 0.2) is 51.8 Å². The van der Waals surface area contributed by atoms with Crippen LogP contribution in [-0.4, -0.2) is 32.7 Å². The predicted molar refractivity (Wildman–Crippen MR) is 94.3 cm³/mol. The summed E-state index contributed by atoms with van der Waals surface area (Å²) >= 11 is 3.34. The SMILES string of the molecule is CS(=O)(=O)c1ccc(NCCOc2cccc(Br)c2)c([N+](=O)[O-])c1. The fourth-order valence-corrected chi connectivity index (χ4v) is 2.97. The number of hydrogen-bond donors (Lipinski definition) is 1. The molecule has 128 valence electrons. The smallest absolute Gasteiger partial charge is 0.293 e. The third kappa shape index (κ3) is 4.93. The molecule has 0 fully saturated rings. The number of rotatable bonds is 7. The molecule has 24 heavy (non-hydrogen) atoms. The van der Waals surface area contributed by atoms with E-state index in [1.165, 1.54) is 12.1 Å². The number of benzene rings is 2. The number of hydrogen-bond acceptors (Lipinski definition) is 6. The lowest BCUT2D eigenvalue weighted by Gasteiger charge is -2.10. The highest BCUT2D eigenvalue weighted by Crippen LogP contribution is 2.27. The third-order valence-electron chi connectivity index (χ3n) is 3.08. The van der Waals surface area contributed by atoms with Gasteiger partial charge in [-0.3, -0.25) is 10.1 Å². The summed E-state index contributed by atoms with van der Waals surface area (Å²) < 4.78 is 29.4. The van der Waals surface area contributed by atoms with Crippen molar-refractivity contribution in [3.63, 3.8) is 0 Å². The van der Waals surface area contributed by atoms with Gasteiger partial charge in [-0.2, -0.15) is 0 Å². The fourth-order valence-electron chi connectivity index (χ4n) is 1.95. The van der Waals surface area contributed by atoms with Gasteiger partial charge < -0.3 is 10.1 Å². The lowest BCUT2D eigenvalue weighted by molar-refractivity contribution is -0.384. The first-order chi connectivity index (χ1) is 11.3. The third-order valence-corrected chi connectivity index (χ3v) is 4.68. The van der Waals surface area contributed by atoms with E-state index < -0.39 is 14.8 Å². The molecule has 0 saturated heterocycles. The summed E-state index contributed by atoms with van der Waals surface area (Å²) in [6.07, 6.45) is 1.00. The van der Waals surface area contributed by atoms with Crippen LogP contribution in [0.1, 0.15) is 0 Å². The Morgan fingerprint density at radius 2 is 2.00 bits per heavy atom. The molecule has 0 aromatic heterocycles. The number of nitro benzene ring substituents is 1. The van der Waals surface area contributed by atoms with Crippen LogP contribution < -0.4 is 10.1 Å². The molecule has 9 heteroatoms. The van der Waals surface area contributed by atoms with Gasteiger partial charge in [0.1, 0.15) is 18.0 Å². The second-order valence-electron chi connectivity index (χ2n) is 4.94. The highest BCUT2D eigenvalue weighted by Gasteiger charge is 2.18. The average Bonchev–Trinajstić information content (AvgIpc) is 2.50. The first-order valence-corrected chi connectivity index (χ1v) is 9.56. The summed E-state index contributed by atoms with van der Waals surface area (Å²) in [6.45, 7) is 0.618. The molecule has 2 aromatic rings. The van der Waals surface area contributed by atoms with Crippen molar-refractivity contribution in [1.29, 1.82) is 0 Å². The van der Waals surface area contributed by atoms with Gasteiger partial charge >= 0.3 is 0 Å². The van der Waals surface area contributed by atoms with E-state index in [0.717, 1.165) is 16.8 Å². The number of anilines is 1. The van der Waals surface area contributed by atoms with Gasteiger partial charge in [0.05, 0.1) is 9.82 Å². The maximum absolute atomic E-state index is 11.5. The van der Waals surface area contributed by atoms with Crippen LogP contribution in [0.4, 0.5) is 11.4 Å². The lowest BCUT2D eigenvalue weighted by atomic mass is 10.2. The molecule has 0 spiro atoms. The van der Waals surface area contributed by atoms with Gasteiger partial charge in [0.15, 0.2) is 9.84 Å². The van der Waals surface area contributed by atoms with Crippen molar-refractivity contribution in [2.45, 2.75) is 4.90 Å². The lowest BCUT2D eigenvalue weighted by Crippen LogP contribution is -2.13. The quantitative estimate of drug-likeness (QED) is 0.424. The van der Waals surface area contributed by atoms with E-state index in [-0.39, 0.29) is 16.3 Å². The minimum atomic E-state index is -3.50. The van der Waals surface area contributed by atoms with Crippen molar-refractivity contribution >= 4 is 37.1 Å². The van der Waals surface area contributed by atoms with E-state index in [1.807, 2.05) is 18.2 Å². The van der Waals surface area contributed by atoms with Crippen molar-refractivity contribution in [3.05, 3.63) is 57.1 Å². The highest BCUT2D eigenvalue weighted by molar-refractivity contribution is 9.10. The molecule has 0 radical (unpaired) electrons. The molecule has 0 atom stereocenters. The van der Waals surface area contributed by atoms with Crippen LogP contribution in [0.3, 0.4) is 0 Å². The Labute approximate surface area is 147 Å². The minimum absolute atomic E-state index is 0.0925. The van der Waals surface area contributed by atoms with E-state index in [4.69, 9.17) is 4.74 Å². The molecule has 0 heterocycles. The molecule has 2 rings (SSSR count). The first-order valence-electron chi connectivity index (χ1n) is 6.88. The molecule has 0 bridgehead atoms. The maximum atomic E-state index is 11.5. The molecule has 0 aliphatic carbocycles. The molecular formula is C15H15BrN2O5S. The number of ether oxygens (including phenoxy) is 1. The molecular weight excluding hydrogens is 400 g/mol. The van der Waals surface area contributed by atoms with Crippen LogP contribution in [0.5, 0.6) is 5.75 Å². The Kier molecular flexibility index (Phi) is 5.79. The van der Waals surface area contributed by atoms with E-state index >= 15 is 0 Å². The van der Waals surface area contributed by atoms with E-state index in [0.29, 0.717) is 18.9 Å². The van der Waals surface area contributed by atoms with Crippen molar-refractivity contribution in [2.75, 3.05) is 24.7 Å². The number of sulfone groups is 1. The van der Waals surface area contributed by atoms with E-state index in [9.17, 15) is 18.5 Å². The zero-order valence-corrected chi connectivity index (χ0v) is 15.1. The topological polar surface area (TPSA) is 98.5 Å². The molecule has 7 nitrogen and oxygen atoms in total. The van der Waals surface area contributed by atoms with Crippen LogP contribution >= 0.6 is 15.9 Å². The Hall–Kier alpha value is -2.13. The minimum Gasteiger partial charge on any atom is -0.492 e. The highest BCUT2D eigenvalue weighted by atomic mass is 79.9. The van der Waals surface area contributed by atoms with Gasteiger partial charge in [0.2, 0.25) is 0 Å². The van der Waals surface area contributed by atoms with Crippen molar-refractivity contribution in [3.8, 4) is 5.75 Å². The zero-order chi connectivity index (χ0) is 17.7.